The molecule has 0 aliphatic heterocycles. The van der Waals surface area contributed by atoms with Crippen molar-refractivity contribution in [3.05, 3.63) is 52.2 Å². The molecule has 116 valence electrons. The maximum Gasteiger partial charge on any atom is 0.265 e. The van der Waals surface area contributed by atoms with Crippen molar-refractivity contribution in [1.29, 1.82) is 0 Å². The second-order valence-corrected chi connectivity index (χ2v) is 5.87. The third-order valence-corrected chi connectivity index (χ3v) is 3.70. The molecular weight excluding hydrogens is 298 g/mol. The van der Waals surface area contributed by atoms with Gasteiger partial charge in [-0.05, 0) is 35.1 Å². The van der Waals surface area contributed by atoms with Crippen LogP contribution in [0.2, 0.25) is 0 Å². The van der Waals surface area contributed by atoms with Crippen molar-refractivity contribution in [3.63, 3.8) is 0 Å². The number of thiophene rings is 1. The number of carbonyl (C=O) groups is 1. The van der Waals surface area contributed by atoms with Gasteiger partial charge >= 0.3 is 0 Å². The molecule has 0 radical (unpaired) electrons. The second-order valence-electron chi connectivity index (χ2n) is 5.09. The fourth-order valence-electron chi connectivity index (χ4n) is 1.80. The summed E-state index contributed by atoms with van der Waals surface area (Å²) in [5, 5.41) is 10.3. The van der Waals surface area contributed by atoms with Crippen LogP contribution in [0.3, 0.4) is 0 Å². The number of hydrogen-bond donors (Lipinski definition) is 2. The van der Waals surface area contributed by atoms with Gasteiger partial charge in [0.05, 0.1) is 0 Å². The van der Waals surface area contributed by atoms with Crippen LogP contribution in [-0.4, -0.2) is 18.3 Å². The molecule has 0 atom stereocenters. The average Bonchev–Trinajstić information content (AvgIpc) is 3.01. The predicted molar refractivity (Wildman–Crippen MR) is 90.2 cm³/mol. The molecule has 3 N–H and O–H groups in total. The fourth-order valence-corrected chi connectivity index (χ4v) is 2.45. The van der Waals surface area contributed by atoms with Gasteiger partial charge in [-0.2, -0.15) is 11.3 Å². The number of nitrogens with zero attached hydrogens (tertiary/aromatic N) is 1. The summed E-state index contributed by atoms with van der Waals surface area (Å²) in [5.74, 6) is 0.391. The van der Waals surface area contributed by atoms with Crippen LogP contribution >= 0.6 is 11.3 Å². The summed E-state index contributed by atoms with van der Waals surface area (Å²) in [6.07, 6.45) is 0. The minimum Gasteiger partial charge on any atom is -0.384 e. The Labute approximate surface area is 133 Å². The Morgan fingerprint density at radius 3 is 2.91 bits per heavy atom. The Bertz CT molecular complexity index is 651. The summed E-state index contributed by atoms with van der Waals surface area (Å²) in [5.41, 5.74) is 8.43. The molecule has 1 aromatic carbocycles. The van der Waals surface area contributed by atoms with Crippen molar-refractivity contribution < 1.29 is 9.63 Å². The van der Waals surface area contributed by atoms with Gasteiger partial charge in [-0.15, -0.1) is 0 Å². The lowest BCUT2D eigenvalue weighted by molar-refractivity contribution is -0.120. The van der Waals surface area contributed by atoms with Crippen LogP contribution in [0.5, 0.6) is 0 Å². The summed E-state index contributed by atoms with van der Waals surface area (Å²) >= 11 is 1.52. The van der Waals surface area contributed by atoms with E-state index in [0.717, 1.165) is 11.3 Å². The number of benzene rings is 1. The highest BCUT2D eigenvalue weighted by Crippen LogP contribution is 2.18. The highest BCUT2D eigenvalue weighted by Gasteiger charge is 2.06. The van der Waals surface area contributed by atoms with E-state index in [1.54, 1.807) is 0 Å². The summed E-state index contributed by atoms with van der Waals surface area (Å²) < 4.78 is 0. The molecule has 1 heterocycles. The van der Waals surface area contributed by atoms with E-state index < -0.39 is 0 Å². The van der Waals surface area contributed by atoms with E-state index in [0.29, 0.717) is 5.92 Å². The van der Waals surface area contributed by atoms with Gasteiger partial charge in [-0.25, -0.2) is 0 Å². The molecule has 0 fully saturated rings. The number of rotatable bonds is 6. The van der Waals surface area contributed by atoms with Crippen LogP contribution in [0.4, 0.5) is 5.69 Å². The Hall–Kier alpha value is -2.34. The lowest BCUT2D eigenvalue weighted by atomic mass is 10.0. The van der Waals surface area contributed by atoms with Gasteiger partial charge in [-0.3, -0.25) is 4.79 Å². The predicted octanol–water partition coefficient (Wildman–Crippen LogP) is 3.15. The van der Waals surface area contributed by atoms with Crippen molar-refractivity contribution in [2.24, 2.45) is 10.9 Å². The minimum absolute atomic E-state index is 0.184. The van der Waals surface area contributed by atoms with Crippen molar-refractivity contribution in [2.45, 2.75) is 19.8 Å². The third-order valence-electron chi connectivity index (χ3n) is 3.01. The van der Waals surface area contributed by atoms with Gasteiger partial charge in [0.2, 0.25) is 0 Å². The van der Waals surface area contributed by atoms with E-state index in [2.05, 4.69) is 24.3 Å². The average molecular weight is 317 g/mol. The van der Waals surface area contributed by atoms with Gasteiger partial charge in [0.15, 0.2) is 12.4 Å². The smallest absolute Gasteiger partial charge is 0.265 e. The standard InChI is InChI=1S/C16H19N3O2S/c1-11(2)12-4-3-5-14(8-12)18-15(20)9-21-19-16(17)13-6-7-22-10-13/h3-8,10-11H,9H2,1-2H3,(H2,17,19)(H,18,20). The first-order valence-electron chi connectivity index (χ1n) is 6.94. The highest BCUT2D eigenvalue weighted by molar-refractivity contribution is 7.08. The van der Waals surface area contributed by atoms with Crippen molar-refractivity contribution in [3.8, 4) is 0 Å². The Morgan fingerprint density at radius 2 is 2.23 bits per heavy atom. The maximum atomic E-state index is 11.8. The van der Waals surface area contributed by atoms with E-state index in [4.69, 9.17) is 10.6 Å². The molecule has 1 amide bonds. The number of nitrogens with two attached hydrogens (primary N) is 1. The lowest BCUT2D eigenvalue weighted by Crippen LogP contribution is -2.19. The monoisotopic (exact) mass is 317 g/mol. The number of oxime groups is 1. The molecule has 5 nitrogen and oxygen atoms in total. The molecule has 0 saturated heterocycles. The lowest BCUT2D eigenvalue weighted by Gasteiger charge is -2.09. The van der Waals surface area contributed by atoms with Crippen LogP contribution < -0.4 is 11.1 Å². The zero-order valence-corrected chi connectivity index (χ0v) is 13.4. The van der Waals surface area contributed by atoms with Crippen LogP contribution in [0.25, 0.3) is 0 Å². The van der Waals surface area contributed by atoms with Crippen molar-refractivity contribution in [2.75, 3.05) is 11.9 Å². The van der Waals surface area contributed by atoms with Crippen molar-refractivity contribution >= 4 is 28.8 Å². The number of anilines is 1. The van der Waals surface area contributed by atoms with E-state index in [1.165, 1.54) is 16.9 Å². The molecule has 0 unspecified atom stereocenters. The van der Waals surface area contributed by atoms with Crippen LogP contribution in [0, 0.1) is 0 Å². The largest absolute Gasteiger partial charge is 0.384 e. The van der Waals surface area contributed by atoms with E-state index in [1.807, 2.05) is 41.1 Å². The number of amides is 1. The third kappa shape index (κ3) is 4.60. The van der Waals surface area contributed by atoms with Crippen molar-refractivity contribution in [1.82, 2.24) is 0 Å². The molecule has 0 aliphatic rings. The number of amidine groups is 1. The SMILES string of the molecule is CC(C)c1cccc(NC(=O)CO/N=C(/N)c2ccsc2)c1. The molecule has 2 rings (SSSR count). The number of nitrogens with one attached hydrogen (secondary N) is 1. The molecule has 22 heavy (non-hydrogen) atoms. The van der Waals surface area contributed by atoms with Gasteiger partial charge < -0.3 is 15.9 Å². The zero-order chi connectivity index (χ0) is 15.9. The molecular formula is C16H19N3O2S. The molecule has 0 bridgehead atoms. The van der Waals surface area contributed by atoms with Gasteiger partial charge in [0.25, 0.3) is 5.91 Å². The molecule has 0 spiro atoms. The first-order valence-corrected chi connectivity index (χ1v) is 7.88. The zero-order valence-electron chi connectivity index (χ0n) is 12.6. The van der Waals surface area contributed by atoms with Crippen LogP contribution in [0.1, 0.15) is 30.9 Å². The quantitative estimate of drug-likeness (QED) is 0.488. The molecule has 0 saturated carbocycles. The number of carbonyl (C=O) groups excluding carboxylic acids is 1. The normalized spacial score (nSPS) is 11.5. The van der Waals surface area contributed by atoms with Gasteiger partial charge in [0, 0.05) is 16.6 Å². The molecule has 0 aliphatic carbocycles. The summed E-state index contributed by atoms with van der Waals surface area (Å²) in [6.45, 7) is 4.02. The van der Waals surface area contributed by atoms with E-state index in [-0.39, 0.29) is 18.3 Å². The fraction of sp³-hybridized carbons (Fsp3) is 0.250. The Kier molecular flexibility index (Phi) is 5.55. The summed E-state index contributed by atoms with van der Waals surface area (Å²) in [6, 6.07) is 9.57. The molecule has 6 heteroatoms. The Balaban J connectivity index is 1.86. The van der Waals surface area contributed by atoms with Crippen LogP contribution in [-0.2, 0) is 9.63 Å². The highest BCUT2D eigenvalue weighted by atomic mass is 32.1. The van der Waals surface area contributed by atoms with Crippen LogP contribution in [0.15, 0.2) is 46.2 Å². The molecule has 1 aromatic heterocycles. The second kappa shape index (κ2) is 7.61. The van der Waals surface area contributed by atoms with E-state index in [9.17, 15) is 4.79 Å². The van der Waals surface area contributed by atoms with Gasteiger partial charge in [-0.1, -0.05) is 31.1 Å². The minimum atomic E-state index is -0.275. The van der Waals surface area contributed by atoms with Gasteiger partial charge in [0.1, 0.15) is 0 Å². The summed E-state index contributed by atoms with van der Waals surface area (Å²) in [7, 11) is 0. The Morgan fingerprint density at radius 1 is 1.41 bits per heavy atom. The first-order chi connectivity index (χ1) is 10.6. The summed E-state index contributed by atoms with van der Waals surface area (Å²) in [4.78, 5) is 16.8. The number of hydrogen-bond acceptors (Lipinski definition) is 4. The first kappa shape index (κ1) is 16.0. The molecule has 2 aromatic rings. The topological polar surface area (TPSA) is 76.7 Å². The van der Waals surface area contributed by atoms with E-state index >= 15 is 0 Å². The maximum absolute atomic E-state index is 11.8.